The van der Waals surface area contributed by atoms with Gasteiger partial charge < -0.3 is 9.67 Å². The number of aliphatic hydroxyl groups is 1. The zero-order valence-electron chi connectivity index (χ0n) is 11.3. The van der Waals surface area contributed by atoms with E-state index in [4.69, 9.17) is 0 Å². The third kappa shape index (κ3) is 2.30. The van der Waals surface area contributed by atoms with Gasteiger partial charge in [0.25, 0.3) is 0 Å². The summed E-state index contributed by atoms with van der Waals surface area (Å²) in [5, 5.41) is 10.5. The molecule has 0 radical (unpaired) electrons. The Hall–Kier alpha value is -1.61. The van der Waals surface area contributed by atoms with Crippen molar-refractivity contribution in [1.82, 2.24) is 9.55 Å². The van der Waals surface area contributed by atoms with Crippen molar-refractivity contribution in [1.29, 1.82) is 0 Å². The fourth-order valence-electron chi connectivity index (χ4n) is 2.90. The SMILES string of the molecule is Cn1ccnc1CCC(O)C1(c2ccccc2)CC1. The van der Waals surface area contributed by atoms with Crippen molar-refractivity contribution in [2.45, 2.75) is 37.2 Å². The summed E-state index contributed by atoms with van der Waals surface area (Å²) >= 11 is 0. The molecule has 1 fully saturated rings. The summed E-state index contributed by atoms with van der Waals surface area (Å²) in [5.41, 5.74) is 1.29. The highest BCUT2D eigenvalue weighted by molar-refractivity contribution is 5.33. The van der Waals surface area contributed by atoms with Gasteiger partial charge in [0.15, 0.2) is 0 Å². The van der Waals surface area contributed by atoms with Crippen LogP contribution in [0.5, 0.6) is 0 Å². The molecule has 1 aliphatic rings. The number of benzene rings is 1. The van der Waals surface area contributed by atoms with E-state index >= 15 is 0 Å². The second-order valence-corrected chi connectivity index (χ2v) is 5.53. The van der Waals surface area contributed by atoms with Crippen LogP contribution in [-0.4, -0.2) is 20.8 Å². The van der Waals surface area contributed by atoms with Gasteiger partial charge in [-0.15, -0.1) is 0 Å². The van der Waals surface area contributed by atoms with Gasteiger partial charge >= 0.3 is 0 Å². The number of aliphatic hydroxyl groups excluding tert-OH is 1. The summed E-state index contributed by atoms with van der Waals surface area (Å²) in [4.78, 5) is 4.31. The lowest BCUT2D eigenvalue weighted by atomic mass is 9.87. The van der Waals surface area contributed by atoms with E-state index in [1.165, 1.54) is 5.56 Å². The molecule has 1 aromatic carbocycles. The molecule has 3 rings (SSSR count). The molecule has 1 aliphatic carbocycles. The topological polar surface area (TPSA) is 38.0 Å². The van der Waals surface area contributed by atoms with Crippen LogP contribution < -0.4 is 0 Å². The van der Waals surface area contributed by atoms with Crippen LogP contribution >= 0.6 is 0 Å². The predicted octanol–water partition coefficient (Wildman–Crippen LogP) is 2.45. The minimum Gasteiger partial charge on any atom is -0.392 e. The van der Waals surface area contributed by atoms with E-state index < -0.39 is 0 Å². The highest BCUT2D eigenvalue weighted by Gasteiger charge is 2.49. The first kappa shape index (κ1) is 12.4. The Morgan fingerprint density at radius 1 is 1.32 bits per heavy atom. The highest BCUT2D eigenvalue weighted by atomic mass is 16.3. The number of hydrogen-bond donors (Lipinski definition) is 1. The molecule has 1 heterocycles. The maximum atomic E-state index is 10.5. The Morgan fingerprint density at radius 3 is 2.63 bits per heavy atom. The molecule has 0 aliphatic heterocycles. The molecule has 1 N–H and O–H groups in total. The zero-order valence-corrected chi connectivity index (χ0v) is 11.3. The van der Waals surface area contributed by atoms with Crippen LogP contribution in [-0.2, 0) is 18.9 Å². The van der Waals surface area contributed by atoms with Gasteiger partial charge in [-0.3, -0.25) is 0 Å². The summed E-state index contributed by atoms with van der Waals surface area (Å²) in [5.74, 6) is 1.04. The lowest BCUT2D eigenvalue weighted by molar-refractivity contribution is 0.121. The molecule has 1 saturated carbocycles. The van der Waals surface area contributed by atoms with E-state index in [2.05, 4.69) is 29.2 Å². The Bertz CT molecular complexity index is 543. The van der Waals surface area contributed by atoms with Crippen LogP contribution in [0.2, 0.25) is 0 Å². The largest absolute Gasteiger partial charge is 0.392 e. The zero-order chi connectivity index (χ0) is 13.3. The Kier molecular flexibility index (Phi) is 3.15. The maximum Gasteiger partial charge on any atom is 0.108 e. The first-order valence-electron chi connectivity index (χ1n) is 6.92. The fraction of sp³-hybridized carbons (Fsp3) is 0.438. The molecule has 0 bridgehead atoms. The van der Waals surface area contributed by atoms with Crippen molar-refractivity contribution < 1.29 is 5.11 Å². The van der Waals surface area contributed by atoms with Gasteiger partial charge in [-0.05, 0) is 24.8 Å². The van der Waals surface area contributed by atoms with E-state index in [9.17, 15) is 5.11 Å². The molecule has 1 unspecified atom stereocenters. The van der Waals surface area contributed by atoms with Crippen LogP contribution in [0, 0.1) is 0 Å². The lowest BCUT2D eigenvalue weighted by Crippen LogP contribution is -2.26. The molecule has 19 heavy (non-hydrogen) atoms. The molecule has 100 valence electrons. The van der Waals surface area contributed by atoms with Crippen molar-refractivity contribution in [3.05, 3.63) is 54.1 Å². The van der Waals surface area contributed by atoms with Crippen LogP contribution in [0.4, 0.5) is 0 Å². The van der Waals surface area contributed by atoms with Gasteiger partial charge in [-0.2, -0.15) is 0 Å². The van der Waals surface area contributed by atoms with Gasteiger partial charge in [0.05, 0.1) is 6.10 Å². The van der Waals surface area contributed by atoms with Gasteiger partial charge in [-0.1, -0.05) is 30.3 Å². The van der Waals surface area contributed by atoms with Crippen molar-refractivity contribution >= 4 is 0 Å². The maximum absolute atomic E-state index is 10.5. The Balaban J connectivity index is 1.68. The van der Waals surface area contributed by atoms with Crippen LogP contribution in [0.3, 0.4) is 0 Å². The average Bonchev–Trinajstić information content (AvgIpc) is 3.16. The number of imidazole rings is 1. The molecular weight excluding hydrogens is 236 g/mol. The second kappa shape index (κ2) is 4.82. The number of nitrogens with zero attached hydrogens (tertiary/aromatic N) is 2. The van der Waals surface area contributed by atoms with Crippen LogP contribution in [0.1, 0.15) is 30.7 Å². The van der Waals surface area contributed by atoms with Crippen molar-refractivity contribution in [2.75, 3.05) is 0 Å². The van der Waals surface area contributed by atoms with Crippen molar-refractivity contribution in [2.24, 2.45) is 7.05 Å². The predicted molar refractivity (Wildman–Crippen MR) is 74.9 cm³/mol. The molecule has 1 aromatic heterocycles. The molecule has 0 spiro atoms. The first-order chi connectivity index (χ1) is 9.22. The summed E-state index contributed by atoms with van der Waals surface area (Å²) in [6.07, 6.45) is 7.29. The fourth-order valence-corrected chi connectivity index (χ4v) is 2.90. The summed E-state index contributed by atoms with van der Waals surface area (Å²) in [6.45, 7) is 0. The monoisotopic (exact) mass is 256 g/mol. The quantitative estimate of drug-likeness (QED) is 0.892. The molecular formula is C16H20N2O. The lowest BCUT2D eigenvalue weighted by Gasteiger charge is -2.22. The van der Waals surface area contributed by atoms with Gasteiger partial charge in [-0.25, -0.2) is 4.98 Å². The van der Waals surface area contributed by atoms with E-state index in [0.717, 1.165) is 31.5 Å². The molecule has 2 aromatic rings. The summed E-state index contributed by atoms with van der Waals surface area (Å²) in [7, 11) is 2.00. The Morgan fingerprint density at radius 2 is 2.05 bits per heavy atom. The molecule has 0 amide bonds. The van der Waals surface area contributed by atoms with Crippen LogP contribution in [0.15, 0.2) is 42.7 Å². The highest BCUT2D eigenvalue weighted by Crippen LogP contribution is 2.51. The first-order valence-corrected chi connectivity index (χ1v) is 6.92. The smallest absolute Gasteiger partial charge is 0.108 e. The van der Waals surface area contributed by atoms with Gasteiger partial charge in [0, 0.05) is 31.3 Å². The summed E-state index contributed by atoms with van der Waals surface area (Å²) < 4.78 is 2.02. The molecule has 1 atom stereocenters. The summed E-state index contributed by atoms with van der Waals surface area (Å²) in [6, 6.07) is 10.4. The van der Waals surface area contributed by atoms with E-state index in [0.29, 0.717) is 0 Å². The van der Waals surface area contributed by atoms with Gasteiger partial charge in [0.1, 0.15) is 5.82 Å². The number of hydrogen-bond acceptors (Lipinski definition) is 2. The van der Waals surface area contributed by atoms with Crippen LogP contribution in [0.25, 0.3) is 0 Å². The minimum atomic E-state index is -0.272. The number of rotatable bonds is 5. The standard InChI is InChI=1S/C16H20N2O/c1-18-12-11-17-15(18)8-7-14(19)16(9-10-16)13-5-3-2-4-6-13/h2-6,11-12,14,19H,7-10H2,1H3. The Labute approximate surface area is 113 Å². The number of aryl methyl sites for hydroxylation is 2. The normalized spacial score (nSPS) is 18.2. The van der Waals surface area contributed by atoms with E-state index in [-0.39, 0.29) is 11.5 Å². The minimum absolute atomic E-state index is 0.00637. The third-order valence-corrected chi connectivity index (χ3v) is 4.34. The van der Waals surface area contributed by atoms with Gasteiger partial charge in [0.2, 0.25) is 0 Å². The van der Waals surface area contributed by atoms with E-state index in [1.807, 2.05) is 30.1 Å². The molecule has 3 nitrogen and oxygen atoms in total. The molecule has 3 heteroatoms. The second-order valence-electron chi connectivity index (χ2n) is 5.53. The number of aromatic nitrogens is 2. The molecule has 0 saturated heterocycles. The van der Waals surface area contributed by atoms with E-state index in [1.54, 1.807) is 0 Å². The average molecular weight is 256 g/mol. The van der Waals surface area contributed by atoms with Crippen molar-refractivity contribution in [3.63, 3.8) is 0 Å². The third-order valence-electron chi connectivity index (χ3n) is 4.34. The van der Waals surface area contributed by atoms with Crippen molar-refractivity contribution in [3.8, 4) is 0 Å².